The number of hydrogen-bond acceptors (Lipinski definition) is 1. The zero-order valence-electron chi connectivity index (χ0n) is 8.53. The van der Waals surface area contributed by atoms with Crippen molar-refractivity contribution in [2.45, 2.75) is 18.8 Å². The van der Waals surface area contributed by atoms with E-state index in [9.17, 15) is 0 Å². The lowest BCUT2D eigenvalue weighted by atomic mass is 10.2. The minimum Gasteiger partial charge on any atom is -0.236 e. The Morgan fingerprint density at radius 1 is 1.19 bits per heavy atom. The molecule has 0 N–H and O–H groups in total. The lowest BCUT2D eigenvalue weighted by Crippen LogP contribution is -2.01. The molecule has 1 aromatic heterocycles. The number of halogens is 2. The quantitative estimate of drug-likeness (QED) is 0.789. The molecule has 2 aromatic rings. The monoisotopic (exact) mass is 252 g/mol. The summed E-state index contributed by atoms with van der Waals surface area (Å²) in [5.41, 5.74) is 2.09. The van der Waals surface area contributed by atoms with Gasteiger partial charge in [0.1, 0.15) is 0 Å². The standard InChI is InChI=1S/C12H10Cl2N2/c13-9-3-4-10(14)12(7-9)16-11(5-6-15-16)8-1-2-8/h3-8H,1-2H2. The van der Waals surface area contributed by atoms with Gasteiger partial charge in [0, 0.05) is 22.8 Å². The zero-order chi connectivity index (χ0) is 11.1. The predicted molar refractivity (Wildman–Crippen MR) is 65.6 cm³/mol. The summed E-state index contributed by atoms with van der Waals surface area (Å²) in [6.07, 6.45) is 4.29. The SMILES string of the molecule is Clc1ccc(Cl)c(-n2nccc2C2CC2)c1. The highest BCUT2D eigenvalue weighted by Crippen LogP contribution is 2.41. The molecule has 0 atom stereocenters. The van der Waals surface area contributed by atoms with Gasteiger partial charge in [-0.25, -0.2) is 4.68 Å². The molecule has 0 amide bonds. The van der Waals surface area contributed by atoms with Crippen LogP contribution in [0.3, 0.4) is 0 Å². The average molecular weight is 253 g/mol. The highest BCUT2D eigenvalue weighted by Gasteiger charge is 2.27. The lowest BCUT2D eigenvalue weighted by molar-refractivity contribution is 0.808. The molecule has 0 spiro atoms. The van der Waals surface area contributed by atoms with Crippen LogP contribution in [0.1, 0.15) is 24.5 Å². The minimum absolute atomic E-state index is 0.637. The van der Waals surface area contributed by atoms with Gasteiger partial charge in [0.05, 0.1) is 10.7 Å². The largest absolute Gasteiger partial charge is 0.236 e. The van der Waals surface area contributed by atoms with Crippen LogP contribution in [0.4, 0.5) is 0 Å². The maximum atomic E-state index is 6.17. The Kier molecular flexibility index (Phi) is 2.41. The van der Waals surface area contributed by atoms with Crippen molar-refractivity contribution in [1.29, 1.82) is 0 Å². The maximum absolute atomic E-state index is 6.17. The summed E-state index contributed by atoms with van der Waals surface area (Å²) in [4.78, 5) is 0. The Morgan fingerprint density at radius 3 is 2.75 bits per heavy atom. The van der Waals surface area contributed by atoms with Crippen molar-refractivity contribution >= 4 is 23.2 Å². The molecule has 1 aliphatic rings. The van der Waals surface area contributed by atoms with E-state index < -0.39 is 0 Å². The number of nitrogens with zero attached hydrogens (tertiary/aromatic N) is 2. The van der Waals surface area contributed by atoms with Crippen molar-refractivity contribution in [3.05, 3.63) is 46.2 Å². The Hall–Kier alpha value is -0.990. The summed E-state index contributed by atoms with van der Waals surface area (Å²) in [5.74, 6) is 0.637. The summed E-state index contributed by atoms with van der Waals surface area (Å²) < 4.78 is 1.89. The smallest absolute Gasteiger partial charge is 0.0849 e. The molecule has 0 saturated heterocycles. The third-order valence-corrected chi connectivity index (χ3v) is 3.36. The maximum Gasteiger partial charge on any atom is 0.0849 e. The first-order valence-electron chi connectivity index (χ1n) is 5.25. The molecule has 2 nitrogen and oxygen atoms in total. The van der Waals surface area contributed by atoms with Crippen molar-refractivity contribution in [1.82, 2.24) is 9.78 Å². The molecule has 82 valence electrons. The second-order valence-electron chi connectivity index (χ2n) is 4.04. The molecule has 16 heavy (non-hydrogen) atoms. The van der Waals surface area contributed by atoms with Crippen molar-refractivity contribution in [2.24, 2.45) is 0 Å². The van der Waals surface area contributed by atoms with Gasteiger partial charge in [0.2, 0.25) is 0 Å². The van der Waals surface area contributed by atoms with Gasteiger partial charge in [-0.1, -0.05) is 23.2 Å². The van der Waals surface area contributed by atoms with Gasteiger partial charge in [-0.2, -0.15) is 5.10 Å². The van der Waals surface area contributed by atoms with Crippen molar-refractivity contribution in [3.63, 3.8) is 0 Å². The topological polar surface area (TPSA) is 17.8 Å². The molecule has 0 bridgehead atoms. The molecule has 4 heteroatoms. The third kappa shape index (κ3) is 1.72. The Bertz CT molecular complexity index is 530. The predicted octanol–water partition coefficient (Wildman–Crippen LogP) is 4.06. The van der Waals surface area contributed by atoms with E-state index in [0.717, 1.165) is 5.69 Å². The van der Waals surface area contributed by atoms with Gasteiger partial charge in [-0.05, 0) is 37.1 Å². The molecule has 0 aliphatic heterocycles. The van der Waals surface area contributed by atoms with Crippen LogP contribution in [-0.4, -0.2) is 9.78 Å². The number of rotatable bonds is 2. The van der Waals surface area contributed by atoms with E-state index in [1.807, 2.05) is 16.9 Å². The first-order chi connectivity index (χ1) is 7.75. The Labute approximate surface area is 104 Å². The highest BCUT2D eigenvalue weighted by molar-refractivity contribution is 6.34. The van der Waals surface area contributed by atoms with Crippen LogP contribution in [0.25, 0.3) is 5.69 Å². The van der Waals surface area contributed by atoms with E-state index in [1.165, 1.54) is 18.5 Å². The Morgan fingerprint density at radius 2 is 2.00 bits per heavy atom. The fourth-order valence-corrected chi connectivity index (χ4v) is 2.22. The molecule has 1 aromatic carbocycles. The first-order valence-corrected chi connectivity index (χ1v) is 6.00. The molecular formula is C12H10Cl2N2. The van der Waals surface area contributed by atoms with E-state index in [0.29, 0.717) is 16.0 Å². The van der Waals surface area contributed by atoms with Crippen molar-refractivity contribution < 1.29 is 0 Å². The van der Waals surface area contributed by atoms with Crippen LogP contribution in [-0.2, 0) is 0 Å². The summed E-state index contributed by atoms with van der Waals surface area (Å²) in [6.45, 7) is 0. The molecule has 0 radical (unpaired) electrons. The van der Waals surface area contributed by atoms with E-state index in [-0.39, 0.29) is 0 Å². The second kappa shape index (κ2) is 3.79. The zero-order valence-corrected chi connectivity index (χ0v) is 10.0. The summed E-state index contributed by atoms with van der Waals surface area (Å²) in [6, 6.07) is 7.49. The first kappa shape index (κ1) is 10.2. The van der Waals surface area contributed by atoms with Crippen molar-refractivity contribution in [2.75, 3.05) is 0 Å². The van der Waals surface area contributed by atoms with Gasteiger partial charge in [0.25, 0.3) is 0 Å². The average Bonchev–Trinajstić information content (AvgIpc) is 3.01. The van der Waals surface area contributed by atoms with Crippen LogP contribution >= 0.6 is 23.2 Å². The summed E-state index contributed by atoms with van der Waals surface area (Å²) in [7, 11) is 0. The third-order valence-electron chi connectivity index (χ3n) is 2.80. The van der Waals surface area contributed by atoms with Crippen LogP contribution in [0.2, 0.25) is 10.0 Å². The Balaban J connectivity index is 2.13. The van der Waals surface area contributed by atoms with Crippen LogP contribution in [0.5, 0.6) is 0 Å². The normalized spacial score (nSPS) is 15.4. The van der Waals surface area contributed by atoms with Crippen LogP contribution < -0.4 is 0 Å². The van der Waals surface area contributed by atoms with Gasteiger partial charge in [0.15, 0.2) is 0 Å². The lowest BCUT2D eigenvalue weighted by Gasteiger charge is -2.08. The van der Waals surface area contributed by atoms with Gasteiger partial charge in [-0.15, -0.1) is 0 Å². The van der Waals surface area contributed by atoms with E-state index in [2.05, 4.69) is 11.2 Å². The number of hydrogen-bond donors (Lipinski definition) is 0. The molecule has 0 unspecified atom stereocenters. The molecule has 3 rings (SSSR count). The molecule has 1 saturated carbocycles. The van der Waals surface area contributed by atoms with Crippen LogP contribution in [0.15, 0.2) is 30.5 Å². The molecular weight excluding hydrogens is 243 g/mol. The highest BCUT2D eigenvalue weighted by atomic mass is 35.5. The van der Waals surface area contributed by atoms with Gasteiger partial charge in [-0.3, -0.25) is 0 Å². The molecule has 1 heterocycles. The molecule has 1 aliphatic carbocycles. The van der Waals surface area contributed by atoms with Gasteiger partial charge < -0.3 is 0 Å². The summed E-state index contributed by atoms with van der Waals surface area (Å²) in [5, 5.41) is 5.68. The molecule has 1 fully saturated rings. The van der Waals surface area contributed by atoms with Crippen molar-refractivity contribution in [3.8, 4) is 5.69 Å². The summed E-state index contributed by atoms with van der Waals surface area (Å²) >= 11 is 12.1. The van der Waals surface area contributed by atoms with Gasteiger partial charge >= 0.3 is 0 Å². The fourth-order valence-electron chi connectivity index (χ4n) is 1.85. The van der Waals surface area contributed by atoms with E-state index in [4.69, 9.17) is 23.2 Å². The minimum atomic E-state index is 0.637. The number of benzene rings is 1. The second-order valence-corrected chi connectivity index (χ2v) is 4.88. The van der Waals surface area contributed by atoms with E-state index >= 15 is 0 Å². The number of aromatic nitrogens is 2. The van der Waals surface area contributed by atoms with E-state index in [1.54, 1.807) is 12.1 Å². The fraction of sp³-hybridized carbons (Fsp3) is 0.250. The van der Waals surface area contributed by atoms with Crippen LogP contribution in [0, 0.1) is 0 Å².